The number of thiophene rings is 1. The summed E-state index contributed by atoms with van der Waals surface area (Å²) >= 11 is 3.14. The minimum absolute atomic E-state index is 0.0610. The molecule has 1 aromatic carbocycles. The fraction of sp³-hybridized carbons (Fsp3) is 0.211. The number of thiazole rings is 1. The zero-order valence-electron chi connectivity index (χ0n) is 14.5. The zero-order valence-corrected chi connectivity index (χ0v) is 16.2. The maximum Gasteiger partial charge on any atom is 0.243 e. The van der Waals surface area contributed by atoms with Gasteiger partial charge in [-0.25, -0.2) is 4.98 Å². The summed E-state index contributed by atoms with van der Waals surface area (Å²) in [5.74, 6) is -0.460. The number of nitrogens with one attached hydrogen (secondary N) is 2. The predicted octanol–water partition coefficient (Wildman–Crippen LogP) is 3.79. The van der Waals surface area contributed by atoms with Crippen LogP contribution in [-0.2, 0) is 16.0 Å². The molecule has 0 saturated heterocycles. The normalized spacial score (nSPS) is 10.5. The second kappa shape index (κ2) is 8.25. The molecule has 134 valence electrons. The lowest BCUT2D eigenvalue weighted by molar-refractivity contribution is -0.123. The highest BCUT2D eigenvalue weighted by Crippen LogP contribution is 2.27. The van der Waals surface area contributed by atoms with Crippen LogP contribution in [0.3, 0.4) is 0 Å². The number of carbonyl (C=O) groups is 2. The summed E-state index contributed by atoms with van der Waals surface area (Å²) in [5, 5.41) is 10.3. The standard InChI is InChI=1S/C19H19N3O2S2/c1-12-5-3-6-13(2)18(12)22-17(24)10-20-16(23)9-14-11-26-19(21-14)15-7-4-8-25-15/h3-8,11H,9-10H2,1-2H3,(H,20,23)(H,22,24). The molecule has 7 heteroatoms. The monoisotopic (exact) mass is 385 g/mol. The molecule has 2 N–H and O–H groups in total. The zero-order chi connectivity index (χ0) is 18.5. The van der Waals surface area contributed by atoms with Gasteiger partial charge in [0, 0.05) is 11.1 Å². The van der Waals surface area contributed by atoms with Gasteiger partial charge in [-0.3, -0.25) is 9.59 Å². The Morgan fingerprint density at radius 1 is 1.04 bits per heavy atom. The highest BCUT2D eigenvalue weighted by atomic mass is 32.1. The third kappa shape index (κ3) is 4.56. The smallest absolute Gasteiger partial charge is 0.243 e. The number of anilines is 1. The summed E-state index contributed by atoms with van der Waals surface area (Å²) in [5.41, 5.74) is 3.50. The highest BCUT2D eigenvalue weighted by Gasteiger charge is 2.12. The Morgan fingerprint density at radius 3 is 2.50 bits per heavy atom. The lowest BCUT2D eigenvalue weighted by atomic mass is 10.1. The van der Waals surface area contributed by atoms with Gasteiger partial charge in [0.15, 0.2) is 0 Å². The Labute approximate surface area is 160 Å². The first kappa shape index (κ1) is 18.3. The number of aromatic nitrogens is 1. The van der Waals surface area contributed by atoms with E-state index in [1.54, 1.807) is 11.3 Å². The van der Waals surface area contributed by atoms with E-state index in [9.17, 15) is 9.59 Å². The Kier molecular flexibility index (Phi) is 5.80. The molecular weight excluding hydrogens is 366 g/mol. The number of amides is 2. The fourth-order valence-corrected chi connectivity index (χ4v) is 4.14. The number of hydrogen-bond donors (Lipinski definition) is 2. The summed E-state index contributed by atoms with van der Waals surface area (Å²) in [6, 6.07) is 9.80. The molecular formula is C19H19N3O2S2. The molecule has 0 atom stereocenters. The average Bonchev–Trinajstić information content (AvgIpc) is 3.28. The lowest BCUT2D eigenvalue weighted by Crippen LogP contribution is -2.34. The van der Waals surface area contributed by atoms with Crippen LogP contribution in [0.4, 0.5) is 5.69 Å². The van der Waals surface area contributed by atoms with Gasteiger partial charge in [-0.1, -0.05) is 24.3 Å². The van der Waals surface area contributed by atoms with Crippen LogP contribution in [0.1, 0.15) is 16.8 Å². The van der Waals surface area contributed by atoms with Crippen molar-refractivity contribution in [2.45, 2.75) is 20.3 Å². The number of carbonyl (C=O) groups excluding carboxylic acids is 2. The summed E-state index contributed by atoms with van der Waals surface area (Å²) in [6.45, 7) is 3.82. The number of rotatable bonds is 6. The molecule has 5 nitrogen and oxygen atoms in total. The number of para-hydroxylation sites is 1. The predicted molar refractivity (Wildman–Crippen MR) is 107 cm³/mol. The molecule has 0 aliphatic carbocycles. The van der Waals surface area contributed by atoms with Gasteiger partial charge in [-0.2, -0.15) is 0 Å². The van der Waals surface area contributed by atoms with Gasteiger partial charge in [0.05, 0.1) is 23.5 Å². The Morgan fingerprint density at radius 2 is 1.81 bits per heavy atom. The van der Waals surface area contributed by atoms with Crippen LogP contribution in [-0.4, -0.2) is 23.3 Å². The summed E-state index contributed by atoms with van der Waals surface area (Å²) < 4.78 is 0. The summed E-state index contributed by atoms with van der Waals surface area (Å²) in [6.07, 6.45) is 0.165. The third-order valence-electron chi connectivity index (χ3n) is 3.82. The van der Waals surface area contributed by atoms with Crippen LogP contribution in [0.15, 0.2) is 41.1 Å². The van der Waals surface area contributed by atoms with Crippen molar-refractivity contribution in [3.05, 3.63) is 57.9 Å². The summed E-state index contributed by atoms with van der Waals surface area (Å²) in [4.78, 5) is 29.7. The molecule has 3 aromatic rings. The van der Waals surface area contributed by atoms with E-state index in [0.717, 1.165) is 26.7 Å². The van der Waals surface area contributed by atoms with E-state index in [-0.39, 0.29) is 24.8 Å². The quantitative estimate of drug-likeness (QED) is 0.678. The number of hydrogen-bond acceptors (Lipinski definition) is 5. The average molecular weight is 386 g/mol. The molecule has 3 rings (SSSR count). The van der Waals surface area contributed by atoms with Gasteiger partial charge in [0.1, 0.15) is 5.01 Å². The number of nitrogens with zero attached hydrogens (tertiary/aromatic N) is 1. The molecule has 2 aromatic heterocycles. The van der Waals surface area contributed by atoms with Crippen LogP contribution in [0, 0.1) is 13.8 Å². The van der Waals surface area contributed by atoms with Crippen molar-refractivity contribution in [2.24, 2.45) is 0 Å². The SMILES string of the molecule is Cc1cccc(C)c1NC(=O)CNC(=O)Cc1csc(-c2cccs2)n1. The number of aryl methyl sites for hydroxylation is 2. The maximum absolute atomic E-state index is 12.1. The molecule has 0 saturated carbocycles. The molecule has 0 bridgehead atoms. The van der Waals surface area contributed by atoms with Gasteiger partial charge in [-0.15, -0.1) is 22.7 Å². The van der Waals surface area contributed by atoms with Gasteiger partial charge in [0.25, 0.3) is 0 Å². The van der Waals surface area contributed by atoms with Crippen LogP contribution >= 0.6 is 22.7 Å². The van der Waals surface area contributed by atoms with E-state index in [2.05, 4.69) is 15.6 Å². The molecule has 2 amide bonds. The third-order valence-corrected chi connectivity index (χ3v) is 5.75. The lowest BCUT2D eigenvalue weighted by Gasteiger charge is -2.11. The second-order valence-corrected chi connectivity index (χ2v) is 7.70. The van der Waals surface area contributed by atoms with Crippen LogP contribution < -0.4 is 10.6 Å². The van der Waals surface area contributed by atoms with Gasteiger partial charge in [0.2, 0.25) is 11.8 Å². The molecule has 0 unspecified atom stereocenters. The first-order valence-corrected chi connectivity index (χ1v) is 9.90. The number of benzene rings is 1. The van der Waals surface area contributed by atoms with Crippen LogP contribution in [0.25, 0.3) is 9.88 Å². The Bertz CT molecular complexity index is 897. The van der Waals surface area contributed by atoms with Crippen molar-refractivity contribution < 1.29 is 9.59 Å². The van der Waals surface area contributed by atoms with Gasteiger partial charge < -0.3 is 10.6 Å². The van der Waals surface area contributed by atoms with Crippen molar-refractivity contribution in [1.29, 1.82) is 0 Å². The molecule has 2 heterocycles. The second-order valence-electron chi connectivity index (χ2n) is 5.89. The van der Waals surface area contributed by atoms with E-state index in [1.807, 2.05) is 54.9 Å². The van der Waals surface area contributed by atoms with Gasteiger partial charge >= 0.3 is 0 Å². The molecule has 0 aliphatic rings. The van der Waals surface area contributed by atoms with E-state index in [0.29, 0.717) is 5.69 Å². The molecule has 0 radical (unpaired) electrons. The minimum Gasteiger partial charge on any atom is -0.347 e. The maximum atomic E-state index is 12.1. The van der Waals surface area contributed by atoms with Gasteiger partial charge in [-0.05, 0) is 36.4 Å². The van der Waals surface area contributed by atoms with Crippen LogP contribution in [0.5, 0.6) is 0 Å². The van der Waals surface area contributed by atoms with E-state index >= 15 is 0 Å². The van der Waals surface area contributed by atoms with Crippen molar-refractivity contribution >= 4 is 40.2 Å². The molecule has 0 fully saturated rings. The highest BCUT2D eigenvalue weighted by molar-refractivity contribution is 7.20. The van der Waals surface area contributed by atoms with E-state index < -0.39 is 0 Å². The molecule has 0 spiro atoms. The van der Waals surface area contributed by atoms with Crippen molar-refractivity contribution in [3.8, 4) is 9.88 Å². The van der Waals surface area contributed by atoms with E-state index in [4.69, 9.17) is 0 Å². The van der Waals surface area contributed by atoms with Crippen LogP contribution in [0.2, 0.25) is 0 Å². The Balaban J connectivity index is 1.50. The van der Waals surface area contributed by atoms with Crippen molar-refractivity contribution in [1.82, 2.24) is 10.3 Å². The van der Waals surface area contributed by atoms with Crippen molar-refractivity contribution in [2.75, 3.05) is 11.9 Å². The molecule has 0 aliphatic heterocycles. The van der Waals surface area contributed by atoms with Crippen molar-refractivity contribution in [3.63, 3.8) is 0 Å². The topological polar surface area (TPSA) is 71.1 Å². The fourth-order valence-electron chi connectivity index (χ4n) is 2.50. The van der Waals surface area contributed by atoms with E-state index in [1.165, 1.54) is 11.3 Å². The minimum atomic E-state index is -0.242. The summed E-state index contributed by atoms with van der Waals surface area (Å²) in [7, 11) is 0. The Hall–Kier alpha value is -2.51. The largest absolute Gasteiger partial charge is 0.347 e. The first-order valence-electron chi connectivity index (χ1n) is 8.14. The molecule has 26 heavy (non-hydrogen) atoms. The first-order chi connectivity index (χ1) is 12.5.